The zero-order valence-electron chi connectivity index (χ0n) is 15.2. The summed E-state index contributed by atoms with van der Waals surface area (Å²) in [5.41, 5.74) is 6.17. The molecule has 1 aromatic heterocycles. The largest absolute Gasteiger partial charge is 0.218 e. The van der Waals surface area contributed by atoms with Gasteiger partial charge in [-0.1, -0.05) is 66.2 Å². The van der Waals surface area contributed by atoms with Crippen LogP contribution in [0.4, 0.5) is 0 Å². The van der Waals surface area contributed by atoms with Crippen LogP contribution in [0.15, 0.2) is 97.2 Å². The molecule has 4 aromatic carbocycles. The summed E-state index contributed by atoms with van der Waals surface area (Å²) in [7, 11) is 0. The fourth-order valence-corrected chi connectivity index (χ4v) is 3.89. The fraction of sp³-hybridized carbons (Fsp3) is 0.0385. The van der Waals surface area contributed by atoms with Gasteiger partial charge in [-0.2, -0.15) is 0 Å². The van der Waals surface area contributed by atoms with Crippen LogP contribution in [0.1, 0.15) is 5.56 Å². The molecule has 0 aliphatic carbocycles. The number of nitrogens with one attached hydrogen (secondary N) is 1. The molecule has 128 valence electrons. The Kier molecular flexibility index (Phi) is 3.72. The van der Waals surface area contributed by atoms with E-state index >= 15 is 0 Å². The number of fused-ring (bicyclic) bond motifs is 3. The lowest BCUT2D eigenvalue weighted by molar-refractivity contribution is -0.362. The zero-order chi connectivity index (χ0) is 18.2. The minimum absolute atomic E-state index is 1.17. The van der Waals surface area contributed by atoms with Crippen LogP contribution in [-0.2, 0) is 0 Å². The number of aromatic amines is 1. The van der Waals surface area contributed by atoms with Crippen molar-refractivity contribution >= 4 is 21.5 Å². The third-order valence-electron chi connectivity index (χ3n) is 5.22. The van der Waals surface area contributed by atoms with Gasteiger partial charge in [-0.15, -0.1) is 0 Å². The van der Waals surface area contributed by atoms with Gasteiger partial charge in [0.25, 0.3) is 0 Å². The number of hydrogen-bond donors (Lipinski definition) is 0. The molecule has 0 aliphatic rings. The van der Waals surface area contributed by atoms with Crippen molar-refractivity contribution in [1.29, 1.82) is 0 Å². The van der Waals surface area contributed by atoms with Gasteiger partial charge in [-0.25, -0.2) is 4.98 Å². The minimum atomic E-state index is 1.17. The Morgan fingerprint density at radius 2 is 1.37 bits per heavy atom. The van der Waals surface area contributed by atoms with E-state index in [1.165, 1.54) is 49.5 Å². The van der Waals surface area contributed by atoms with Gasteiger partial charge in [0, 0.05) is 17.0 Å². The molecule has 1 nitrogen and oxygen atoms in total. The Hall–Kier alpha value is -3.45. The van der Waals surface area contributed by atoms with E-state index in [0.717, 1.165) is 0 Å². The van der Waals surface area contributed by atoms with E-state index in [4.69, 9.17) is 0 Å². The zero-order valence-corrected chi connectivity index (χ0v) is 15.2. The van der Waals surface area contributed by atoms with Crippen molar-refractivity contribution in [2.24, 2.45) is 0 Å². The van der Waals surface area contributed by atoms with Crippen LogP contribution >= 0.6 is 0 Å². The van der Waals surface area contributed by atoms with E-state index in [9.17, 15) is 0 Å². The average molecular weight is 346 g/mol. The number of H-pyrrole nitrogens is 1. The van der Waals surface area contributed by atoms with Crippen LogP contribution < -0.4 is 4.98 Å². The number of rotatable bonds is 2. The maximum Gasteiger partial charge on any atom is 0.218 e. The summed E-state index contributed by atoms with van der Waals surface area (Å²) >= 11 is 0. The number of aryl methyl sites for hydroxylation is 1. The average Bonchev–Trinajstić information content (AvgIpc) is 2.73. The second-order valence-electron chi connectivity index (χ2n) is 7.05. The first-order valence-corrected chi connectivity index (χ1v) is 9.29. The normalized spacial score (nSPS) is 11.1. The van der Waals surface area contributed by atoms with E-state index in [1.807, 2.05) is 6.20 Å². The van der Waals surface area contributed by atoms with E-state index in [1.54, 1.807) is 0 Å². The lowest BCUT2D eigenvalue weighted by Crippen LogP contribution is -2.06. The van der Waals surface area contributed by atoms with Gasteiger partial charge >= 0.3 is 0 Å². The molecule has 1 heteroatoms. The highest BCUT2D eigenvalue weighted by molar-refractivity contribution is 6.11. The molecule has 0 aliphatic heterocycles. The van der Waals surface area contributed by atoms with Crippen LogP contribution in [0.2, 0.25) is 0 Å². The molecule has 0 radical (unpaired) electrons. The molecule has 0 spiro atoms. The predicted octanol–water partition coefficient (Wildman–Crippen LogP) is 6.45. The van der Waals surface area contributed by atoms with Crippen molar-refractivity contribution in [2.45, 2.75) is 6.92 Å². The molecule has 0 saturated carbocycles. The van der Waals surface area contributed by atoms with Crippen LogP contribution in [0.3, 0.4) is 0 Å². The molecule has 0 unspecified atom stereocenters. The predicted molar refractivity (Wildman–Crippen MR) is 114 cm³/mol. The molecule has 5 rings (SSSR count). The molecule has 0 fully saturated rings. The molecule has 0 amide bonds. The fourth-order valence-electron chi connectivity index (χ4n) is 3.89. The van der Waals surface area contributed by atoms with Crippen molar-refractivity contribution in [3.63, 3.8) is 0 Å². The first-order valence-electron chi connectivity index (χ1n) is 9.29. The van der Waals surface area contributed by atoms with Crippen molar-refractivity contribution in [1.82, 2.24) is 0 Å². The monoisotopic (exact) mass is 346 g/mol. The van der Waals surface area contributed by atoms with Gasteiger partial charge in [0.15, 0.2) is 6.20 Å². The van der Waals surface area contributed by atoms with Gasteiger partial charge in [0.1, 0.15) is 0 Å². The standard InChI is InChI=1S/C26H19N/c1-18-6-5-9-22(16-18)26-25-13-11-21-17-20(19-7-3-2-4-8-19)10-12-23(21)24(25)14-15-27-26/h2-17H,1H3/p+1. The van der Waals surface area contributed by atoms with Gasteiger partial charge < -0.3 is 0 Å². The first-order chi connectivity index (χ1) is 13.3. The van der Waals surface area contributed by atoms with E-state index in [0.29, 0.717) is 0 Å². The van der Waals surface area contributed by atoms with Crippen LogP contribution in [0.5, 0.6) is 0 Å². The quantitative estimate of drug-likeness (QED) is 0.326. The molecule has 27 heavy (non-hydrogen) atoms. The lowest BCUT2D eigenvalue weighted by atomic mass is 9.95. The molecule has 5 aromatic rings. The third kappa shape index (κ3) is 2.78. The highest BCUT2D eigenvalue weighted by Gasteiger charge is 2.13. The van der Waals surface area contributed by atoms with E-state index < -0.39 is 0 Å². The minimum Gasteiger partial charge on any atom is -0.211 e. The number of pyridine rings is 1. The SMILES string of the molecule is Cc1cccc(-c2[nH+]ccc3c2ccc2cc(-c4ccccc4)ccc23)c1. The van der Waals surface area contributed by atoms with E-state index in [-0.39, 0.29) is 0 Å². The van der Waals surface area contributed by atoms with Gasteiger partial charge in [-0.3, -0.25) is 0 Å². The highest BCUT2D eigenvalue weighted by Crippen LogP contribution is 2.32. The maximum atomic E-state index is 3.46. The molecule has 0 bridgehead atoms. The Balaban J connectivity index is 1.73. The second kappa shape index (κ2) is 6.37. The van der Waals surface area contributed by atoms with Crippen LogP contribution in [-0.4, -0.2) is 0 Å². The summed E-state index contributed by atoms with van der Waals surface area (Å²) < 4.78 is 0. The summed E-state index contributed by atoms with van der Waals surface area (Å²) in [5, 5.41) is 5.09. The summed E-state index contributed by atoms with van der Waals surface area (Å²) in [6, 6.07) is 32.6. The maximum absolute atomic E-state index is 3.46. The van der Waals surface area contributed by atoms with Crippen molar-refractivity contribution in [2.75, 3.05) is 0 Å². The summed E-state index contributed by atoms with van der Waals surface area (Å²) in [6.07, 6.45) is 2.05. The summed E-state index contributed by atoms with van der Waals surface area (Å²) in [4.78, 5) is 3.46. The molecule has 1 N–H and O–H groups in total. The van der Waals surface area contributed by atoms with E-state index in [2.05, 4.69) is 103 Å². The Morgan fingerprint density at radius 3 is 2.22 bits per heavy atom. The molecule has 0 atom stereocenters. The lowest BCUT2D eigenvalue weighted by Gasteiger charge is -2.08. The molecule has 0 saturated heterocycles. The van der Waals surface area contributed by atoms with Crippen molar-refractivity contribution in [3.05, 3.63) is 103 Å². The Bertz CT molecular complexity index is 1270. The van der Waals surface area contributed by atoms with Crippen molar-refractivity contribution < 1.29 is 4.98 Å². The second-order valence-corrected chi connectivity index (χ2v) is 7.05. The van der Waals surface area contributed by atoms with Crippen LogP contribution in [0.25, 0.3) is 43.9 Å². The van der Waals surface area contributed by atoms with Gasteiger partial charge in [0.2, 0.25) is 5.69 Å². The van der Waals surface area contributed by atoms with Gasteiger partial charge in [-0.05, 0) is 53.1 Å². The Labute approximate surface area is 158 Å². The highest BCUT2D eigenvalue weighted by atomic mass is 14.7. The number of hydrogen-bond acceptors (Lipinski definition) is 0. The number of benzene rings is 4. The molecular weight excluding hydrogens is 326 g/mol. The first kappa shape index (κ1) is 15.8. The summed E-state index contributed by atoms with van der Waals surface area (Å²) in [6.45, 7) is 2.13. The summed E-state index contributed by atoms with van der Waals surface area (Å²) in [5.74, 6) is 0. The van der Waals surface area contributed by atoms with Crippen molar-refractivity contribution in [3.8, 4) is 22.4 Å². The number of aromatic nitrogens is 1. The molecular formula is C26H20N+. The third-order valence-corrected chi connectivity index (χ3v) is 5.22. The smallest absolute Gasteiger partial charge is 0.211 e. The van der Waals surface area contributed by atoms with Crippen LogP contribution in [0, 0.1) is 6.92 Å². The van der Waals surface area contributed by atoms with Gasteiger partial charge in [0.05, 0.1) is 5.39 Å². The molecule has 1 heterocycles. The topological polar surface area (TPSA) is 14.1 Å². The Morgan fingerprint density at radius 1 is 0.556 bits per heavy atom.